The van der Waals surface area contributed by atoms with Crippen LogP contribution < -0.4 is 15.1 Å². The first kappa shape index (κ1) is 23.0. The molecule has 1 heterocycles. The topological polar surface area (TPSA) is 63.1 Å². The van der Waals surface area contributed by atoms with Crippen molar-refractivity contribution in [2.75, 3.05) is 44.7 Å². The van der Waals surface area contributed by atoms with E-state index in [-0.39, 0.29) is 18.4 Å². The van der Waals surface area contributed by atoms with Gasteiger partial charge in [0.2, 0.25) is 0 Å². The molecule has 1 saturated heterocycles. The van der Waals surface area contributed by atoms with E-state index in [4.69, 9.17) is 4.74 Å². The van der Waals surface area contributed by atoms with Crippen LogP contribution in [-0.2, 0) is 20.5 Å². The Bertz CT molecular complexity index is 704. The molecule has 2 N–H and O–H groups in total. The highest BCUT2D eigenvalue weighted by Crippen LogP contribution is 2.31. The van der Waals surface area contributed by atoms with Crippen LogP contribution in [0, 0.1) is 5.92 Å². The fraction of sp³-hybridized carbons (Fsp3) is 0.600. The van der Waals surface area contributed by atoms with Crippen molar-refractivity contribution in [3.05, 3.63) is 29.8 Å². The first-order valence-corrected chi connectivity index (χ1v) is 9.78. The lowest BCUT2D eigenvalue weighted by molar-refractivity contribution is -0.892. The molecule has 1 aromatic carbocycles. The van der Waals surface area contributed by atoms with Gasteiger partial charge in [0, 0.05) is 5.69 Å². The van der Waals surface area contributed by atoms with Crippen molar-refractivity contribution >= 4 is 17.6 Å². The molecule has 6 nitrogen and oxygen atoms in total. The Morgan fingerprint density at radius 2 is 1.93 bits per heavy atom. The number of carbonyl (C=O) groups excluding carboxylic acids is 2. The van der Waals surface area contributed by atoms with Gasteiger partial charge in [-0.15, -0.1) is 0 Å². The summed E-state index contributed by atoms with van der Waals surface area (Å²) in [5.41, 5.74) is -0.131. The number of quaternary nitrogens is 1. The predicted molar refractivity (Wildman–Crippen MR) is 103 cm³/mol. The predicted octanol–water partition coefficient (Wildman–Crippen LogP) is 1.11. The number of nitrogens with one attached hydrogen (secondary N) is 2. The zero-order valence-electron chi connectivity index (χ0n) is 17.0. The van der Waals surface area contributed by atoms with E-state index in [1.807, 2.05) is 18.7 Å². The number of carbonyl (C=O) groups is 2. The number of hydrogen-bond acceptors (Lipinski definition) is 4. The van der Waals surface area contributed by atoms with E-state index in [2.05, 4.69) is 5.32 Å². The van der Waals surface area contributed by atoms with Gasteiger partial charge in [-0.05, 0) is 24.1 Å². The Hall–Kier alpha value is -2.29. The molecule has 0 bridgehead atoms. The van der Waals surface area contributed by atoms with Gasteiger partial charge in [-0.1, -0.05) is 26.3 Å². The largest absolute Gasteiger partial charge is 0.467 e. The molecule has 1 fully saturated rings. The number of ether oxygens (including phenoxy) is 1. The SMILES string of the molecule is CC[C@@H](C)[C@H](NC(=O)C[NH+]1CCN(c2cccc(C(F)(F)F)c2)CC1)C(=O)OC. The molecule has 0 spiro atoms. The quantitative estimate of drug-likeness (QED) is 0.654. The number of esters is 1. The number of anilines is 1. The van der Waals surface area contributed by atoms with E-state index in [1.165, 1.54) is 13.2 Å². The number of piperazine rings is 1. The standard InChI is InChI=1S/C20H28F3N3O3/c1-4-14(2)18(19(28)29-3)24-17(27)13-25-8-10-26(11-9-25)16-7-5-6-15(12-16)20(21,22)23/h5-7,12,14,18H,4,8-11,13H2,1-3H3,(H,24,27)/p+1/t14-,18+/m1/s1. The second-order valence-electron chi connectivity index (χ2n) is 7.42. The minimum Gasteiger partial charge on any atom is -0.467 e. The van der Waals surface area contributed by atoms with Crippen molar-refractivity contribution in [3.63, 3.8) is 0 Å². The van der Waals surface area contributed by atoms with Gasteiger partial charge in [0.25, 0.3) is 5.91 Å². The third-order valence-corrected chi connectivity index (χ3v) is 5.40. The van der Waals surface area contributed by atoms with Gasteiger partial charge >= 0.3 is 12.1 Å². The van der Waals surface area contributed by atoms with Gasteiger partial charge in [0.1, 0.15) is 6.04 Å². The number of alkyl halides is 3. The van der Waals surface area contributed by atoms with Crippen LogP contribution in [0.15, 0.2) is 24.3 Å². The molecule has 1 aromatic rings. The summed E-state index contributed by atoms with van der Waals surface area (Å²) < 4.78 is 43.5. The minimum absolute atomic E-state index is 0.0424. The number of nitrogens with zero attached hydrogens (tertiary/aromatic N) is 1. The molecule has 29 heavy (non-hydrogen) atoms. The van der Waals surface area contributed by atoms with Crippen LogP contribution in [0.1, 0.15) is 25.8 Å². The monoisotopic (exact) mass is 416 g/mol. The second kappa shape index (κ2) is 9.96. The van der Waals surface area contributed by atoms with E-state index in [1.54, 1.807) is 6.07 Å². The molecule has 162 valence electrons. The van der Waals surface area contributed by atoms with Gasteiger partial charge in [-0.3, -0.25) is 4.79 Å². The maximum Gasteiger partial charge on any atom is 0.416 e. The fourth-order valence-electron chi connectivity index (χ4n) is 3.38. The van der Waals surface area contributed by atoms with Crippen LogP contribution in [0.5, 0.6) is 0 Å². The molecule has 1 amide bonds. The number of hydrogen-bond donors (Lipinski definition) is 2. The van der Waals surface area contributed by atoms with Gasteiger partial charge in [-0.2, -0.15) is 13.2 Å². The highest BCUT2D eigenvalue weighted by Gasteiger charge is 2.32. The number of methoxy groups -OCH3 is 1. The molecule has 1 aliphatic heterocycles. The van der Waals surface area contributed by atoms with E-state index < -0.39 is 23.8 Å². The van der Waals surface area contributed by atoms with Crippen LogP contribution in [0.25, 0.3) is 0 Å². The summed E-state index contributed by atoms with van der Waals surface area (Å²) in [4.78, 5) is 27.2. The van der Waals surface area contributed by atoms with Crippen LogP contribution >= 0.6 is 0 Å². The summed E-state index contributed by atoms with van der Waals surface area (Å²) in [5, 5.41) is 2.76. The van der Waals surface area contributed by atoms with Crippen molar-refractivity contribution < 1.29 is 32.4 Å². The second-order valence-corrected chi connectivity index (χ2v) is 7.42. The summed E-state index contributed by atoms with van der Waals surface area (Å²) in [5.74, 6) is -0.737. The zero-order valence-corrected chi connectivity index (χ0v) is 17.0. The molecule has 0 saturated carbocycles. The first-order chi connectivity index (χ1) is 13.7. The van der Waals surface area contributed by atoms with Crippen molar-refractivity contribution in [2.24, 2.45) is 5.92 Å². The minimum atomic E-state index is -4.37. The zero-order chi connectivity index (χ0) is 21.6. The van der Waals surface area contributed by atoms with Crippen LogP contribution in [0.2, 0.25) is 0 Å². The fourth-order valence-corrected chi connectivity index (χ4v) is 3.38. The summed E-state index contributed by atoms with van der Waals surface area (Å²) in [6.07, 6.45) is -3.64. The lowest BCUT2D eigenvalue weighted by atomic mass is 9.99. The number of benzene rings is 1. The smallest absolute Gasteiger partial charge is 0.416 e. The van der Waals surface area contributed by atoms with Crippen molar-refractivity contribution in [1.82, 2.24) is 5.32 Å². The van der Waals surface area contributed by atoms with E-state index >= 15 is 0 Å². The first-order valence-electron chi connectivity index (χ1n) is 9.78. The van der Waals surface area contributed by atoms with E-state index in [0.29, 0.717) is 31.9 Å². The Morgan fingerprint density at radius 1 is 1.28 bits per heavy atom. The molecule has 0 aromatic heterocycles. The summed E-state index contributed by atoms with van der Waals surface area (Å²) in [7, 11) is 1.29. The normalized spacial score (nSPS) is 17.5. The average Bonchev–Trinajstić information content (AvgIpc) is 2.71. The van der Waals surface area contributed by atoms with Gasteiger partial charge < -0.3 is 19.9 Å². The maximum atomic E-state index is 12.9. The van der Waals surface area contributed by atoms with Crippen LogP contribution in [0.3, 0.4) is 0 Å². The number of amides is 1. The van der Waals surface area contributed by atoms with E-state index in [9.17, 15) is 22.8 Å². The number of rotatable bonds is 7. The third-order valence-electron chi connectivity index (χ3n) is 5.40. The highest BCUT2D eigenvalue weighted by molar-refractivity contribution is 5.85. The lowest BCUT2D eigenvalue weighted by Gasteiger charge is -2.34. The van der Waals surface area contributed by atoms with Crippen LogP contribution in [-0.4, -0.2) is 57.8 Å². The molecular formula is C20H29F3N3O3+. The summed E-state index contributed by atoms with van der Waals surface area (Å²) >= 11 is 0. The number of halogens is 3. The van der Waals surface area contributed by atoms with Crippen LogP contribution in [0.4, 0.5) is 18.9 Å². The Kier molecular flexibility index (Phi) is 7.89. The molecule has 2 atom stereocenters. The summed E-state index contributed by atoms with van der Waals surface area (Å²) in [6.45, 7) is 6.37. The van der Waals surface area contributed by atoms with Crippen molar-refractivity contribution in [2.45, 2.75) is 32.5 Å². The lowest BCUT2D eigenvalue weighted by Crippen LogP contribution is -3.16. The molecule has 0 radical (unpaired) electrons. The molecule has 9 heteroatoms. The summed E-state index contributed by atoms with van der Waals surface area (Å²) in [6, 6.07) is 4.62. The average molecular weight is 416 g/mol. The van der Waals surface area contributed by atoms with Crippen molar-refractivity contribution in [3.8, 4) is 0 Å². The Morgan fingerprint density at radius 3 is 2.48 bits per heavy atom. The highest BCUT2D eigenvalue weighted by atomic mass is 19.4. The Balaban J connectivity index is 1.89. The van der Waals surface area contributed by atoms with Gasteiger partial charge in [0.15, 0.2) is 6.54 Å². The Labute approximate surface area is 169 Å². The molecule has 0 unspecified atom stereocenters. The third kappa shape index (κ3) is 6.35. The van der Waals surface area contributed by atoms with Gasteiger partial charge in [-0.25, -0.2) is 4.79 Å². The van der Waals surface area contributed by atoms with Gasteiger partial charge in [0.05, 0.1) is 38.9 Å². The molecular weight excluding hydrogens is 387 g/mol. The molecule has 2 rings (SSSR count). The van der Waals surface area contributed by atoms with E-state index in [0.717, 1.165) is 23.5 Å². The van der Waals surface area contributed by atoms with Crippen molar-refractivity contribution in [1.29, 1.82) is 0 Å². The molecule has 0 aliphatic carbocycles. The molecule has 1 aliphatic rings. The maximum absolute atomic E-state index is 12.9.